The van der Waals surface area contributed by atoms with Crippen molar-refractivity contribution in [1.82, 2.24) is 20.0 Å². The van der Waals surface area contributed by atoms with Crippen molar-refractivity contribution in [3.63, 3.8) is 0 Å². The number of amides is 1. The van der Waals surface area contributed by atoms with Gasteiger partial charge in [0.05, 0.1) is 5.69 Å². The van der Waals surface area contributed by atoms with Gasteiger partial charge in [0.15, 0.2) is 0 Å². The highest BCUT2D eigenvalue weighted by Crippen LogP contribution is 2.59. The van der Waals surface area contributed by atoms with E-state index < -0.39 is 0 Å². The van der Waals surface area contributed by atoms with E-state index in [0.717, 1.165) is 57.7 Å². The molecule has 1 aromatic heterocycles. The van der Waals surface area contributed by atoms with Gasteiger partial charge in [-0.2, -0.15) is 5.10 Å². The molecule has 2 aliphatic carbocycles. The van der Waals surface area contributed by atoms with E-state index in [0.29, 0.717) is 5.91 Å². The van der Waals surface area contributed by atoms with E-state index in [4.69, 9.17) is 0 Å². The molecule has 0 bridgehead atoms. The summed E-state index contributed by atoms with van der Waals surface area (Å²) in [7, 11) is 0. The summed E-state index contributed by atoms with van der Waals surface area (Å²) in [5.74, 6) is 0.529. The molecule has 1 N–H and O–H groups in total. The molecular formula is C28H40N4O. The van der Waals surface area contributed by atoms with Gasteiger partial charge in [0.25, 0.3) is 0 Å². The molecule has 0 unspecified atom stereocenters. The highest BCUT2D eigenvalue weighted by molar-refractivity contribution is 5.82. The van der Waals surface area contributed by atoms with Crippen molar-refractivity contribution >= 4 is 5.91 Å². The van der Waals surface area contributed by atoms with Crippen LogP contribution in [-0.2, 0) is 23.3 Å². The van der Waals surface area contributed by atoms with Crippen LogP contribution < -0.4 is 5.32 Å². The van der Waals surface area contributed by atoms with Gasteiger partial charge in [-0.3, -0.25) is 14.4 Å². The van der Waals surface area contributed by atoms with E-state index >= 15 is 0 Å². The summed E-state index contributed by atoms with van der Waals surface area (Å²) in [6.07, 6.45) is 8.29. The number of benzene rings is 1. The Morgan fingerprint density at radius 3 is 2.42 bits per heavy atom. The number of aromatic nitrogens is 2. The summed E-state index contributed by atoms with van der Waals surface area (Å²) in [4.78, 5) is 15.7. The van der Waals surface area contributed by atoms with Gasteiger partial charge in [0, 0.05) is 42.2 Å². The number of nitrogens with zero attached hydrogens (tertiary/aromatic N) is 3. The summed E-state index contributed by atoms with van der Waals surface area (Å²) < 4.78 is 2.12. The van der Waals surface area contributed by atoms with Crippen LogP contribution >= 0.6 is 0 Å². The molecule has 5 rings (SSSR count). The van der Waals surface area contributed by atoms with Gasteiger partial charge in [-0.05, 0) is 76.9 Å². The quantitative estimate of drug-likeness (QED) is 0.665. The number of rotatable bonds is 7. The Morgan fingerprint density at radius 1 is 1.09 bits per heavy atom. The average molecular weight is 449 g/mol. The van der Waals surface area contributed by atoms with Gasteiger partial charge in [0.1, 0.15) is 0 Å². The highest BCUT2D eigenvalue weighted by atomic mass is 16.2. The molecule has 5 nitrogen and oxygen atoms in total. The number of likely N-dealkylation sites (tertiary alicyclic amines) is 1. The molecule has 5 heteroatoms. The lowest BCUT2D eigenvalue weighted by Gasteiger charge is -2.33. The van der Waals surface area contributed by atoms with Crippen molar-refractivity contribution < 1.29 is 4.79 Å². The lowest BCUT2D eigenvalue weighted by molar-refractivity contribution is -0.123. The van der Waals surface area contributed by atoms with Gasteiger partial charge in [-0.1, -0.05) is 43.2 Å². The number of hydrogen-bond acceptors (Lipinski definition) is 3. The standard InChI is InChI=1S/C28H40N4O/c1-4-32-22(3)24(21(2)30-32)19-31-16-14-27(15-17-31)18-25(27)26(33)29-20-28(12-8-9-13-28)23-10-6-5-7-11-23/h5-7,10-11,25H,4,8-9,12-20H2,1-3H3,(H,29,33)/t25-/m1/s1. The van der Waals surface area contributed by atoms with Crippen molar-refractivity contribution in [3.8, 4) is 0 Å². The minimum atomic E-state index is 0.140. The van der Waals surface area contributed by atoms with Crippen molar-refractivity contribution in [3.05, 3.63) is 52.8 Å². The van der Waals surface area contributed by atoms with E-state index in [1.165, 1.54) is 42.5 Å². The first kappa shape index (κ1) is 22.6. The molecule has 3 aliphatic rings. The molecule has 1 amide bonds. The average Bonchev–Trinajstić information content (AvgIpc) is 3.19. The van der Waals surface area contributed by atoms with Crippen LogP contribution in [0.15, 0.2) is 30.3 Å². The normalized spacial score (nSPS) is 23.7. The summed E-state index contributed by atoms with van der Waals surface area (Å²) in [6.45, 7) is 11.4. The molecule has 1 aliphatic heterocycles. The first-order chi connectivity index (χ1) is 16.0. The molecule has 1 aromatic carbocycles. The van der Waals surface area contributed by atoms with E-state index in [-0.39, 0.29) is 16.7 Å². The van der Waals surface area contributed by atoms with Crippen LogP contribution in [0.4, 0.5) is 0 Å². The molecule has 1 spiro atoms. The number of carbonyl (C=O) groups is 1. The summed E-state index contributed by atoms with van der Waals surface area (Å²) in [5.41, 5.74) is 5.66. The van der Waals surface area contributed by atoms with Gasteiger partial charge in [-0.15, -0.1) is 0 Å². The van der Waals surface area contributed by atoms with Crippen LogP contribution in [0.1, 0.15) is 74.4 Å². The Kier molecular flexibility index (Phi) is 6.11. The maximum Gasteiger partial charge on any atom is 0.223 e. The zero-order chi connectivity index (χ0) is 23.1. The third-order valence-corrected chi connectivity index (χ3v) is 9.12. The third-order valence-electron chi connectivity index (χ3n) is 9.12. The van der Waals surface area contributed by atoms with Crippen LogP contribution in [0.25, 0.3) is 0 Å². The zero-order valence-corrected chi connectivity index (χ0v) is 20.7. The van der Waals surface area contributed by atoms with Gasteiger partial charge in [-0.25, -0.2) is 0 Å². The summed E-state index contributed by atoms with van der Waals surface area (Å²) in [5, 5.41) is 8.10. The number of carbonyl (C=O) groups excluding carboxylic acids is 1. The van der Waals surface area contributed by atoms with Crippen molar-refractivity contribution in [2.45, 2.75) is 84.2 Å². The molecule has 33 heavy (non-hydrogen) atoms. The van der Waals surface area contributed by atoms with E-state index in [1.54, 1.807) is 0 Å². The van der Waals surface area contributed by atoms with Crippen LogP contribution in [-0.4, -0.2) is 40.2 Å². The van der Waals surface area contributed by atoms with Crippen molar-refractivity contribution in [1.29, 1.82) is 0 Å². The number of aryl methyl sites for hydroxylation is 2. The minimum absolute atomic E-state index is 0.140. The van der Waals surface area contributed by atoms with E-state index in [9.17, 15) is 4.79 Å². The zero-order valence-electron chi connectivity index (χ0n) is 20.7. The Morgan fingerprint density at radius 2 is 1.79 bits per heavy atom. The molecule has 3 fully saturated rings. The van der Waals surface area contributed by atoms with E-state index in [2.05, 4.69) is 71.1 Å². The minimum Gasteiger partial charge on any atom is -0.355 e. The Labute approximate surface area is 198 Å². The third kappa shape index (κ3) is 4.25. The lowest BCUT2D eigenvalue weighted by atomic mass is 9.78. The molecular weight excluding hydrogens is 408 g/mol. The molecule has 0 radical (unpaired) electrons. The fourth-order valence-corrected chi connectivity index (χ4v) is 6.71. The van der Waals surface area contributed by atoms with Gasteiger partial charge in [0.2, 0.25) is 5.91 Å². The SMILES string of the molecule is CCn1nc(C)c(CN2CCC3(CC2)C[C@@H]3C(=O)NCC2(c3ccccc3)CCCC2)c1C. The monoisotopic (exact) mass is 448 g/mol. The number of nitrogens with one attached hydrogen (secondary N) is 1. The molecule has 178 valence electrons. The second kappa shape index (κ2) is 8.90. The first-order valence-corrected chi connectivity index (χ1v) is 13.0. The highest BCUT2D eigenvalue weighted by Gasteiger charge is 2.58. The molecule has 2 heterocycles. The topological polar surface area (TPSA) is 50.2 Å². The molecule has 2 saturated carbocycles. The Bertz CT molecular complexity index is 981. The second-order valence-electron chi connectivity index (χ2n) is 10.9. The molecule has 2 aromatic rings. The van der Waals surface area contributed by atoms with Crippen molar-refractivity contribution in [2.75, 3.05) is 19.6 Å². The Balaban J connectivity index is 1.15. The fourth-order valence-electron chi connectivity index (χ4n) is 6.71. The lowest BCUT2D eigenvalue weighted by Crippen LogP contribution is -2.41. The molecule has 1 saturated heterocycles. The van der Waals surface area contributed by atoms with Crippen molar-refractivity contribution in [2.24, 2.45) is 11.3 Å². The smallest absolute Gasteiger partial charge is 0.223 e. The van der Waals surface area contributed by atoms with Gasteiger partial charge < -0.3 is 5.32 Å². The second-order valence-corrected chi connectivity index (χ2v) is 10.9. The van der Waals surface area contributed by atoms with Crippen LogP contribution in [0.2, 0.25) is 0 Å². The van der Waals surface area contributed by atoms with Gasteiger partial charge >= 0.3 is 0 Å². The largest absolute Gasteiger partial charge is 0.355 e. The maximum atomic E-state index is 13.2. The Hall–Kier alpha value is -2.14. The van der Waals surface area contributed by atoms with Crippen LogP contribution in [0, 0.1) is 25.2 Å². The molecule has 1 atom stereocenters. The number of hydrogen-bond donors (Lipinski definition) is 1. The van der Waals surface area contributed by atoms with Crippen LogP contribution in [0.5, 0.6) is 0 Å². The van der Waals surface area contributed by atoms with E-state index in [1.807, 2.05) is 0 Å². The maximum absolute atomic E-state index is 13.2. The fraction of sp³-hybridized carbons (Fsp3) is 0.643. The number of piperidine rings is 1. The van der Waals surface area contributed by atoms with Crippen LogP contribution in [0.3, 0.4) is 0 Å². The summed E-state index contributed by atoms with van der Waals surface area (Å²) in [6, 6.07) is 10.9. The predicted molar refractivity (Wildman–Crippen MR) is 132 cm³/mol. The first-order valence-electron chi connectivity index (χ1n) is 13.0. The summed E-state index contributed by atoms with van der Waals surface area (Å²) >= 11 is 0. The predicted octanol–water partition coefficient (Wildman–Crippen LogP) is 4.75.